The Hall–Kier alpha value is -2.66. The minimum atomic E-state index is -0.808. The first-order valence-corrected chi connectivity index (χ1v) is 23.5. The molecule has 0 aromatic heterocycles. The van der Waals surface area contributed by atoms with Crippen LogP contribution < -0.4 is 0 Å². The molecule has 0 aromatic carbocycles. The highest BCUT2D eigenvalue weighted by atomic mass is 16.6. The molecule has 0 spiro atoms. The van der Waals surface area contributed by atoms with Gasteiger partial charge in [-0.15, -0.1) is 0 Å². The molecule has 322 valence electrons. The summed E-state index contributed by atoms with van der Waals surface area (Å²) in [6, 6.07) is 0. The molecule has 0 amide bonds. The molecule has 56 heavy (non-hydrogen) atoms. The van der Waals surface area contributed by atoms with Gasteiger partial charge in [0.15, 0.2) is 6.10 Å². The van der Waals surface area contributed by atoms with Crippen LogP contribution in [0.5, 0.6) is 0 Å². The third kappa shape index (κ3) is 44.1. The molecule has 0 aliphatic carbocycles. The number of carbonyl (C=O) groups is 2. The zero-order valence-corrected chi connectivity index (χ0v) is 36.6. The number of hydrogen-bond acceptors (Lipinski definition) is 5. The number of unbranched alkanes of at least 4 members (excludes halogenated alkanes) is 22. The standard InChI is InChI=1S/C51H88O5/c1-3-5-7-9-11-13-15-17-19-21-23-24-25-26-28-29-31-33-35-37-39-41-43-45-50(53)55-48-49(47-52)56-51(54)46-44-42-40-38-36-34-32-30-27-22-20-18-16-14-12-10-8-6-4-2/h12,14,18,20,27,29-31,34,36-37,39,49,52H,3-11,13,15-17,19,21-26,28,32-33,35,38,40-48H2,1-2H3/b14-12+,20-18+,30-27+,31-29+,36-34+,39-37+/t49-/m0/s1. The van der Waals surface area contributed by atoms with E-state index < -0.39 is 6.10 Å². The Balaban J connectivity index is 3.64. The van der Waals surface area contributed by atoms with E-state index in [1.54, 1.807) is 0 Å². The zero-order chi connectivity index (χ0) is 40.7. The minimum absolute atomic E-state index is 0.103. The number of allylic oxidation sites excluding steroid dienone is 12. The first-order valence-electron chi connectivity index (χ1n) is 23.5. The van der Waals surface area contributed by atoms with Crippen LogP contribution in [0.1, 0.15) is 219 Å². The molecule has 0 saturated carbocycles. The second kappa shape index (κ2) is 46.7. The Morgan fingerprint density at radius 2 is 0.750 bits per heavy atom. The summed E-state index contributed by atoms with van der Waals surface area (Å²) in [6.07, 6.45) is 62.8. The SMILES string of the molecule is CCCCC/C=C/C/C=C/C/C=C/C/C=C/CCCCCC(=O)O[C@@H](CO)COC(=O)CCC/C=C/CC/C=C/CCCCCCCCCCCCCCCC. The molecular formula is C51H88O5. The van der Waals surface area contributed by atoms with Gasteiger partial charge in [0.2, 0.25) is 0 Å². The molecule has 5 heteroatoms. The van der Waals surface area contributed by atoms with E-state index in [1.807, 2.05) is 0 Å². The molecule has 0 heterocycles. The summed E-state index contributed by atoms with van der Waals surface area (Å²) in [5, 5.41) is 9.59. The van der Waals surface area contributed by atoms with Crippen molar-refractivity contribution in [3.8, 4) is 0 Å². The van der Waals surface area contributed by atoms with E-state index in [0.717, 1.165) is 70.6 Å². The van der Waals surface area contributed by atoms with Gasteiger partial charge in [-0.1, -0.05) is 189 Å². The summed E-state index contributed by atoms with van der Waals surface area (Å²) >= 11 is 0. The lowest BCUT2D eigenvalue weighted by Crippen LogP contribution is -2.28. The molecule has 0 fully saturated rings. The summed E-state index contributed by atoms with van der Waals surface area (Å²) < 4.78 is 10.6. The third-order valence-corrected chi connectivity index (χ3v) is 9.95. The van der Waals surface area contributed by atoms with E-state index in [4.69, 9.17) is 9.47 Å². The van der Waals surface area contributed by atoms with E-state index in [1.165, 1.54) is 122 Å². The number of hydrogen-bond donors (Lipinski definition) is 1. The quantitative estimate of drug-likeness (QED) is 0.0379. The molecule has 0 radical (unpaired) electrons. The summed E-state index contributed by atoms with van der Waals surface area (Å²) in [4.78, 5) is 24.3. The predicted molar refractivity (Wildman–Crippen MR) is 242 cm³/mol. The average Bonchev–Trinajstić information content (AvgIpc) is 3.20. The van der Waals surface area contributed by atoms with Crippen LogP contribution in [0.15, 0.2) is 72.9 Å². The van der Waals surface area contributed by atoms with Crippen LogP contribution in [0.25, 0.3) is 0 Å². The summed E-state index contributed by atoms with van der Waals surface area (Å²) in [6.45, 7) is 4.06. The van der Waals surface area contributed by atoms with Gasteiger partial charge in [-0.25, -0.2) is 0 Å². The van der Waals surface area contributed by atoms with Gasteiger partial charge in [-0.3, -0.25) is 9.59 Å². The molecule has 0 saturated heterocycles. The van der Waals surface area contributed by atoms with Crippen LogP contribution in [0, 0.1) is 0 Å². The van der Waals surface area contributed by atoms with Crippen molar-refractivity contribution in [1.29, 1.82) is 0 Å². The number of carbonyl (C=O) groups excluding carboxylic acids is 2. The Labute approximate surface area is 346 Å². The lowest BCUT2D eigenvalue weighted by atomic mass is 10.0. The number of aliphatic hydroxyl groups excluding tert-OH is 1. The Morgan fingerprint density at radius 3 is 1.23 bits per heavy atom. The predicted octanol–water partition coefficient (Wildman–Crippen LogP) is 15.3. The molecule has 0 aliphatic heterocycles. The van der Waals surface area contributed by atoms with Crippen LogP contribution in [0.2, 0.25) is 0 Å². The first-order chi connectivity index (χ1) is 27.6. The third-order valence-electron chi connectivity index (χ3n) is 9.95. The maximum absolute atomic E-state index is 12.2. The average molecular weight is 781 g/mol. The van der Waals surface area contributed by atoms with Crippen molar-refractivity contribution in [2.45, 2.75) is 225 Å². The fourth-order valence-corrected chi connectivity index (χ4v) is 6.38. The Bertz CT molecular complexity index is 1020. The van der Waals surface area contributed by atoms with Gasteiger partial charge in [-0.2, -0.15) is 0 Å². The zero-order valence-electron chi connectivity index (χ0n) is 36.6. The van der Waals surface area contributed by atoms with Crippen LogP contribution in [-0.4, -0.2) is 36.4 Å². The molecule has 0 bridgehead atoms. The van der Waals surface area contributed by atoms with E-state index in [2.05, 4.69) is 86.8 Å². The van der Waals surface area contributed by atoms with Crippen LogP contribution >= 0.6 is 0 Å². The number of esters is 2. The molecule has 5 nitrogen and oxygen atoms in total. The maximum atomic E-state index is 12.2. The highest BCUT2D eigenvalue weighted by Gasteiger charge is 2.16. The topological polar surface area (TPSA) is 72.8 Å². The number of ether oxygens (including phenoxy) is 2. The van der Waals surface area contributed by atoms with Crippen molar-refractivity contribution >= 4 is 11.9 Å². The van der Waals surface area contributed by atoms with Crippen molar-refractivity contribution in [2.24, 2.45) is 0 Å². The molecule has 0 unspecified atom stereocenters. The van der Waals surface area contributed by atoms with E-state index >= 15 is 0 Å². The van der Waals surface area contributed by atoms with Gasteiger partial charge in [0.05, 0.1) is 6.61 Å². The lowest BCUT2D eigenvalue weighted by Gasteiger charge is -2.15. The normalized spacial score (nSPS) is 12.8. The second-order valence-corrected chi connectivity index (χ2v) is 15.5. The number of rotatable bonds is 42. The summed E-state index contributed by atoms with van der Waals surface area (Å²) in [7, 11) is 0. The van der Waals surface area contributed by atoms with E-state index in [0.29, 0.717) is 12.8 Å². The van der Waals surface area contributed by atoms with Crippen LogP contribution in [0.4, 0.5) is 0 Å². The lowest BCUT2D eigenvalue weighted by molar-refractivity contribution is -0.161. The summed E-state index contributed by atoms with van der Waals surface area (Å²) in [5.74, 6) is -0.677. The van der Waals surface area contributed by atoms with Crippen molar-refractivity contribution in [1.82, 2.24) is 0 Å². The summed E-state index contributed by atoms with van der Waals surface area (Å²) in [5.41, 5.74) is 0. The van der Waals surface area contributed by atoms with Gasteiger partial charge in [0, 0.05) is 12.8 Å². The minimum Gasteiger partial charge on any atom is -0.462 e. The molecule has 1 atom stereocenters. The Kier molecular flexibility index (Phi) is 44.5. The van der Waals surface area contributed by atoms with Crippen LogP contribution in [0.3, 0.4) is 0 Å². The van der Waals surface area contributed by atoms with Crippen molar-refractivity contribution in [3.05, 3.63) is 72.9 Å². The molecular weight excluding hydrogens is 693 g/mol. The maximum Gasteiger partial charge on any atom is 0.306 e. The number of aliphatic hydroxyl groups is 1. The van der Waals surface area contributed by atoms with Gasteiger partial charge in [0.1, 0.15) is 6.61 Å². The molecule has 1 N–H and O–H groups in total. The smallest absolute Gasteiger partial charge is 0.306 e. The van der Waals surface area contributed by atoms with Gasteiger partial charge >= 0.3 is 11.9 Å². The highest BCUT2D eigenvalue weighted by molar-refractivity contribution is 5.70. The van der Waals surface area contributed by atoms with Gasteiger partial charge in [-0.05, 0) is 89.9 Å². The molecule has 0 rings (SSSR count). The van der Waals surface area contributed by atoms with Gasteiger partial charge < -0.3 is 14.6 Å². The highest BCUT2D eigenvalue weighted by Crippen LogP contribution is 2.14. The molecule has 0 aliphatic rings. The fraction of sp³-hybridized carbons (Fsp3) is 0.725. The first kappa shape index (κ1) is 53.3. The van der Waals surface area contributed by atoms with Crippen molar-refractivity contribution in [3.63, 3.8) is 0 Å². The van der Waals surface area contributed by atoms with E-state index in [9.17, 15) is 14.7 Å². The van der Waals surface area contributed by atoms with Crippen LogP contribution in [-0.2, 0) is 19.1 Å². The Morgan fingerprint density at radius 1 is 0.411 bits per heavy atom. The fourth-order valence-electron chi connectivity index (χ4n) is 6.38. The molecule has 0 aromatic rings. The van der Waals surface area contributed by atoms with E-state index in [-0.39, 0.29) is 25.2 Å². The van der Waals surface area contributed by atoms with Gasteiger partial charge in [0.25, 0.3) is 0 Å². The largest absolute Gasteiger partial charge is 0.462 e. The second-order valence-electron chi connectivity index (χ2n) is 15.5. The monoisotopic (exact) mass is 781 g/mol. The van der Waals surface area contributed by atoms with Crippen molar-refractivity contribution in [2.75, 3.05) is 13.2 Å². The van der Waals surface area contributed by atoms with Crippen molar-refractivity contribution < 1.29 is 24.2 Å².